The highest BCUT2D eigenvalue weighted by Crippen LogP contribution is 2.20. The van der Waals surface area contributed by atoms with E-state index in [9.17, 15) is 14.7 Å². The fraction of sp³-hybridized carbons (Fsp3) is 0.385. The van der Waals surface area contributed by atoms with Crippen molar-refractivity contribution in [1.82, 2.24) is 0 Å². The molecule has 19 heavy (non-hydrogen) atoms. The van der Waals surface area contributed by atoms with Crippen molar-refractivity contribution < 1.29 is 24.9 Å². The zero-order valence-corrected chi connectivity index (χ0v) is 10.3. The predicted molar refractivity (Wildman–Crippen MR) is 67.6 cm³/mol. The first-order chi connectivity index (χ1) is 8.85. The second kappa shape index (κ2) is 6.31. The molecule has 1 aromatic carbocycles. The summed E-state index contributed by atoms with van der Waals surface area (Å²) in [5, 5.41) is 27.8. The summed E-state index contributed by atoms with van der Waals surface area (Å²) < 4.78 is 0. The minimum absolute atomic E-state index is 0.0900. The highest BCUT2D eigenvalue weighted by atomic mass is 16.4. The average molecular weight is 267 g/mol. The molecule has 6 heteroatoms. The molecule has 0 aliphatic carbocycles. The predicted octanol–water partition coefficient (Wildman–Crippen LogP) is 0.237. The van der Waals surface area contributed by atoms with Gasteiger partial charge in [0.25, 0.3) is 0 Å². The molecule has 0 amide bonds. The molecule has 0 saturated heterocycles. The van der Waals surface area contributed by atoms with Crippen LogP contribution in [-0.2, 0) is 16.0 Å². The van der Waals surface area contributed by atoms with Crippen LogP contribution in [0, 0.1) is 0 Å². The Morgan fingerprint density at radius 1 is 1.21 bits per heavy atom. The van der Waals surface area contributed by atoms with E-state index in [1.54, 1.807) is 24.3 Å². The fourth-order valence-corrected chi connectivity index (χ4v) is 1.74. The van der Waals surface area contributed by atoms with Gasteiger partial charge in [0.15, 0.2) is 5.60 Å². The minimum atomic E-state index is -2.13. The van der Waals surface area contributed by atoms with E-state index in [-0.39, 0.29) is 6.42 Å². The van der Waals surface area contributed by atoms with E-state index in [0.717, 1.165) is 5.56 Å². The maximum atomic E-state index is 11.1. The molecule has 0 fully saturated rings. The lowest BCUT2D eigenvalue weighted by Crippen LogP contribution is -2.46. The molecule has 0 aliphatic heterocycles. The molecule has 0 aliphatic rings. The number of aliphatic hydroxyl groups is 1. The van der Waals surface area contributed by atoms with E-state index in [0.29, 0.717) is 6.42 Å². The summed E-state index contributed by atoms with van der Waals surface area (Å²) in [5.41, 5.74) is 4.02. The molecule has 0 heterocycles. The van der Waals surface area contributed by atoms with E-state index < -0.39 is 30.0 Å². The Hall–Kier alpha value is -1.92. The molecule has 1 aromatic rings. The van der Waals surface area contributed by atoms with Crippen molar-refractivity contribution in [1.29, 1.82) is 0 Å². The third kappa shape index (κ3) is 4.35. The summed E-state index contributed by atoms with van der Waals surface area (Å²) in [4.78, 5) is 21.7. The molecule has 0 aromatic heterocycles. The topological polar surface area (TPSA) is 121 Å². The van der Waals surface area contributed by atoms with Crippen molar-refractivity contribution in [2.24, 2.45) is 5.73 Å². The van der Waals surface area contributed by atoms with E-state index >= 15 is 0 Å². The van der Waals surface area contributed by atoms with Gasteiger partial charge in [-0.1, -0.05) is 30.3 Å². The molecular weight excluding hydrogens is 250 g/mol. The number of aliphatic carboxylic acids is 2. The van der Waals surface area contributed by atoms with Crippen LogP contribution in [0.1, 0.15) is 18.4 Å². The van der Waals surface area contributed by atoms with Crippen LogP contribution in [-0.4, -0.2) is 38.9 Å². The highest BCUT2D eigenvalue weighted by molar-refractivity contribution is 5.80. The van der Waals surface area contributed by atoms with Crippen LogP contribution in [0.3, 0.4) is 0 Å². The largest absolute Gasteiger partial charge is 0.480 e. The van der Waals surface area contributed by atoms with Gasteiger partial charge in [-0.15, -0.1) is 0 Å². The number of carboxylic acid groups (broad SMARTS) is 2. The van der Waals surface area contributed by atoms with E-state index in [4.69, 9.17) is 15.9 Å². The third-order valence-electron chi connectivity index (χ3n) is 2.94. The normalized spacial score (nSPS) is 15.5. The number of aryl methyl sites for hydroxylation is 1. The van der Waals surface area contributed by atoms with Crippen molar-refractivity contribution in [3.63, 3.8) is 0 Å². The quantitative estimate of drug-likeness (QED) is 0.561. The molecule has 0 radical (unpaired) electrons. The van der Waals surface area contributed by atoms with E-state index in [2.05, 4.69) is 0 Å². The Balaban J connectivity index is 2.72. The Kier molecular flexibility index (Phi) is 5.02. The number of carboxylic acids is 2. The van der Waals surface area contributed by atoms with Crippen LogP contribution < -0.4 is 5.73 Å². The maximum Gasteiger partial charge on any atom is 0.335 e. The maximum absolute atomic E-state index is 11.1. The second-order valence-corrected chi connectivity index (χ2v) is 4.47. The molecule has 104 valence electrons. The smallest absolute Gasteiger partial charge is 0.335 e. The summed E-state index contributed by atoms with van der Waals surface area (Å²) in [5.74, 6) is -2.79. The van der Waals surface area contributed by atoms with Crippen LogP contribution in [0.2, 0.25) is 0 Å². The number of rotatable bonds is 7. The molecule has 0 bridgehead atoms. The van der Waals surface area contributed by atoms with Gasteiger partial charge in [0, 0.05) is 6.42 Å². The molecule has 2 atom stereocenters. The number of benzene rings is 1. The van der Waals surface area contributed by atoms with Crippen molar-refractivity contribution in [2.75, 3.05) is 0 Å². The number of carbonyl (C=O) groups is 2. The Bertz CT molecular complexity index is 448. The zero-order chi connectivity index (χ0) is 14.5. The Morgan fingerprint density at radius 2 is 1.79 bits per heavy atom. The molecule has 1 rings (SSSR count). The van der Waals surface area contributed by atoms with Gasteiger partial charge in [-0.3, -0.25) is 4.79 Å². The molecule has 1 unspecified atom stereocenters. The number of hydrogen-bond donors (Lipinski definition) is 4. The third-order valence-corrected chi connectivity index (χ3v) is 2.94. The van der Waals surface area contributed by atoms with Gasteiger partial charge >= 0.3 is 11.9 Å². The van der Waals surface area contributed by atoms with Gasteiger partial charge in [0.1, 0.15) is 6.04 Å². The molecule has 5 N–H and O–H groups in total. The van der Waals surface area contributed by atoms with Crippen LogP contribution in [0.5, 0.6) is 0 Å². The first-order valence-electron chi connectivity index (χ1n) is 5.83. The summed E-state index contributed by atoms with van der Waals surface area (Å²) in [6.45, 7) is 0. The van der Waals surface area contributed by atoms with Gasteiger partial charge < -0.3 is 21.1 Å². The summed E-state index contributed by atoms with van der Waals surface area (Å²) in [6, 6.07) is 7.64. The van der Waals surface area contributed by atoms with Crippen LogP contribution in [0.4, 0.5) is 0 Å². The zero-order valence-electron chi connectivity index (χ0n) is 10.3. The SMILES string of the molecule is N[C@@H](CC(O)(CCc1ccccc1)C(=O)O)C(=O)O. The second-order valence-electron chi connectivity index (χ2n) is 4.47. The standard InChI is InChI=1S/C13H17NO5/c14-10(11(15)16)8-13(19,12(17)18)7-6-9-4-2-1-3-5-9/h1-5,10,19H,6-8,14H2,(H,15,16)(H,17,18)/t10-,13?/m0/s1. The lowest BCUT2D eigenvalue weighted by atomic mass is 9.88. The van der Waals surface area contributed by atoms with Crippen LogP contribution in [0.15, 0.2) is 30.3 Å². The van der Waals surface area contributed by atoms with Gasteiger partial charge in [0.2, 0.25) is 0 Å². The van der Waals surface area contributed by atoms with Crippen LogP contribution in [0.25, 0.3) is 0 Å². The molecule has 0 spiro atoms. The number of nitrogens with two attached hydrogens (primary N) is 1. The van der Waals surface area contributed by atoms with Crippen molar-refractivity contribution >= 4 is 11.9 Å². The van der Waals surface area contributed by atoms with Crippen molar-refractivity contribution in [2.45, 2.75) is 30.9 Å². The summed E-state index contributed by atoms with van der Waals surface area (Å²) in [6.07, 6.45) is -0.284. The summed E-state index contributed by atoms with van der Waals surface area (Å²) in [7, 11) is 0. The number of hydrogen-bond acceptors (Lipinski definition) is 4. The van der Waals surface area contributed by atoms with Crippen LogP contribution >= 0.6 is 0 Å². The van der Waals surface area contributed by atoms with Gasteiger partial charge in [0.05, 0.1) is 0 Å². The Morgan fingerprint density at radius 3 is 2.26 bits per heavy atom. The van der Waals surface area contributed by atoms with Gasteiger partial charge in [-0.05, 0) is 18.4 Å². The molecule has 6 nitrogen and oxygen atoms in total. The fourth-order valence-electron chi connectivity index (χ4n) is 1.74. The average Bonchev–Trinajstić information content (AvgIpc) is 2.37. The highest BCUT2D eigenvalue weighted by Gasteiger charge is 2.38. The van der Waals surface area contributed by atoms with E-state index in [1.165, 1.54) is 0 Å². The first kappa shape index (κ1) is 15.1. The van der Waals surface area contributed by atoms with Gasteiger partial charge in [-0.2, -0.15) is 0 Å². The van der Waals surface area contributed by atoms with Crippen molar-refractivity contribution in [3.8, 4) is 0 Å². The monoisotopic (exact) mass is 267 g/mol. The lowest BCUT2D eigenvalue weighted by molar-refractivity contribution is -0.161. The Labute approximate surface area is 110 Å². The van der Waals surface area contributed by atoms with Gasteiger partial charge in [-0.25, -0.2) is 4.79 Å². The molecular formula is C13H17NO5. The lowest BCUT2D eigenvalue weighted by Gasteiger charge is -2.25. The summed E-state index contributed by atoms with van der Waals surface area (Å²) >= 11 is 0. The first-order valence-corrected chi connectivity index (χ1v) is 5.83. The minimum Gasteiger partial charge on any atom is -0.480 e. The van der Waals surface area contributed by atoms with E-state index in [1.807, 2.05) is 6.07 Å². The molecule has 0 saturated carbocycles. The van der Waals surface area contributed by atoms with Crippen molar-refractivity contribution in [3.05, 3.63) is 35.9 Å².